The van der Waals surface area contributed by atoms with E-state index in [1.807, 2.05) is 13.0 Å². The summed E-state index contributed by atoms with van der Waals surface area (Å²) in [7, 11) is -3.71. The van der Waals surface area contributed by atoms with Gasteiger partial charge in [-0.15, -0.1) is 11.3 Å². The van der Waals surface area contributed by atoms with E-state index >= 15 is 0 Å². The summed E-state index contributed by atoms with van der Waals surface area (Å²) in [4.78, 5) is 12.9. The topological polar surface area (TPSA) is 71.4 Å². The van der Waals surface area contributed by atoms with Gasteiger partial charge in [-0.3, -0.25) is 0 Å². The highest BCUT2D eigenvalue weighted by atomic mass is 79.9. The maximum atomic E-state index is 12.5. The van der Waals surface area contributed by atoms with Gasteiger partial charge in [-0.1, -0.05) is 22.9 Å². The Morgan fingerprint density at radius 3 is 2.48 bits per heavy atom. The summed E-state index contributed by atoms with van der Waals surface area (Å²) in [5, 5.41) is 9.15. The summed E-state index contributed by atoms with van der Waals surface area (Å²) in [6.07, 6.45) is 0.849. The van der Waals surface area contributed by atoms with Crippen molar-refractivity contribution in [1.29, 1.82) is 0 Å². The zero-order valence-electron chi connectivity index (χ0n) is 11.2. The lowest BCUT2D eigenvalue weighted by Crippen LogP contribution is -2.10. The van der Waals surface area contributed by atoms with Gasteiger partial charge in [0.15, 0.2) is 9.84 Å². The highest BCUT2D eigenvalue weighted by Gasteiger charge is 2.23. The fraction of sp³-hybridized carbons (Fsp3) is 0.214. The Morgan fingerprint density at radius 2 is 1.90 bits per heavy atom. The standard InChI is InChI=1S/C14H13BrO4S2/c1-2-10-4-5-11(20-10)8-21(18,19)13-7-9(15)3-6-12(13)14(16)17/h3-7H,2,8H2,1H3,(H,16,17). The van der Waals surface area contributed by atoms with Gasteiger partial charge in [-0.25, -0.2) is 13.2 Å². The Kier molecular flexibility index (Phi) is 4.85. The molecule has 0 aliphatic carbocycles. The third-order valence-corrected chi connectivity index (χ3v) is 6.51. The van der Waals surface area contributed by atoms with E-state index in [4.69, 9.17) is 5.11 Å². The number of hydrogen-bond acceptors (Lipinski definition) is 4. The SMILES string of the molecule is CCc1ccc(CS(=O)(=O)c2cc(Br)ccc2C(=O)O)s1. The van der Waals surface area contributed by atoms with Crippen LogP contribution in [-0.2, 0) is 22.0 Å². The van der Waals surface area contributed by atoms with Crippen molar-refractivity contribution in [3.63, 3.8) is 0 Å². The molecular weight excluding hydrogens is 376 g/mol. The Bertz CT molecular complexity index is 778. The van der Waals surface area contributed by atoms with Gasteiger partial charge in [0.25, 0.3) is 0 Å². The molecule has 0 aliphatic heterocycles. The third-order valence-electron chi connectivity index (χ3n) is 2.91. The van der Waals surface area contributed by atoms with Crippen LogP contribution in [-0.4, -0.2) is 19.5 Å². The van der Waals surface area contributed by atoms with Crippen molar-refractivity contribution in [2.24, 2.45) is 0 Å². The first-order chi connectivity index (χ1) is 9.83. The lowest BCUT2D eigenvalue weighted by molar-refractivity contribution is 0.0692. The van der Waals surface area contributed by atoms with E-state index in [-0.39, 0.29) is 16.2 Å². The molecule has 0 amide bonds. The van der Waals surface area contributed by atoms with Gasteiger partial charge < -0.3 is 5.11 Å². The molecular formula is C14H13BrO4S2. The zero-order valence-corrected chi connectivity index (χ0v) is 14.4. The van der Waals surface area contributed by atoms with Crippen LogP contribution in [0.2, 0.25) is 0 Å². The van der Waals surface area contributed by atoms with Gasteiger partial charge >= 0.3 is 5.97 Å². The molecule has 2 rings (SSSR count). The van der Waals surface area contributed by atoms with Crippen molar-refractivity contribution in [3.05, 3.63) is 50.1 Å². The van der Waals surface area contributed by atoms with E-state index in [0.29, 0.717) is 9.35 Å². The molecule has 0 bridgehead atoms. The lowest BCUT2D eigenvalue weighted by atomic mass is 10.2. The largest absolute Gasteiger partial charge is 0.478 e. The number of benzene rings is 1. The second-order valence-electron chi connectivity index (χ2n) is 4.43. The highest BCUT2D eigenvalue weighted by Crippen LogP contribution is 2.27. The summed E-state index contributed by atoms with van der Waals surface area (Å²) in [5.41, 5.74) is -0.203. The van der Waals surface area contributed by atoms with Crippen LogP contribution in [0.1, 0.15) is 27.0 Å². The van der Waals surface area contributed by atoms with Gasteiger partial charge in [-0.05, 0) is 36.8 Å². The van der Waals surface area contributed by atoms with Gasteiger partial charge in [0.1, 0.15) is 0 Å². The average molecular weight is 389 g/mol. The quantitative estimate of drug-likeness (QED) is 0.846. The van der Waals surface area contributed by atoms with Crippen molar-refractivity contribution in [3.8, 4) is 0 Å². The zero-order chi connectivity index (χ0) is 15.6. The Balaban J connectivity index is 2.43. The summed E-state index contributed by atoms with van der Waals surface area (Å²) in [6.45, 7) is 2.00. The molecule has 0 radical (unpaired) electrons. The highest BCUT2D eigenvalue weighted by molar-refractivity contribution is 9.10. The number of halogens is 1. The minimum atomic E-state index is -3.71. The number of aromatic carboxylic acids is 1. The summed E-state index contributed by atoms with van der Waals surface area (Å²) in [5.74, 6) is -1.43. The molecule has 1 aromatic carbocycles. The monoisotopic (exact) mass is 388 g/mol. The number of carboxylic acids is 1. The van der Waals surface area contributed by atoms with Crippen molar-refractivity contribution in [2.75, 3.05) is 0 Å². The van der Waals surface area contributed by atoms with E-state index < -0.39 is 15.8 Å². The molecule has 1 aromatic heterocycles. The number of rotatable bonds is 5. The Morgan fingerprint density at radius 1 is 1.24 bits per heavy atom. The summed E-state index contributed by atoms with van der Waals surface area (Å²) >= 11 is 4.62. The van der Waals surface area contributed by atoms with Crippen LogP contribution in [0.4, 0.5) is 0 Å². The van der Waals surface area contributed by atoms with E-state index in [1.54, 1.807) is 6.07 Å². The molecule has 0 saturated carbocycles. The molecule has 0 saturated heterocycles. The number of hydrogen-bond donors (Lipinski definition) is 1. The van der Waals surface area contributed by atoms with Crippen LogP contribution < -0.4 is 0 Å². The van der Waals surface area contributed by atoms with Crippen molar-refractivity contribution >= 4 is 43.1 Å². The number of carboxylic acid groups (broad SMARTS) is 1. The van der Waals surface area contributed by atoms with Gasteiger partial charge in [0.2, 0.25) is 0 Å². The first kappa shape index (κ1) is 16.2. The molecule has 1 N–H and O–H groups in total. The molecule has 2 aromatic rings. The van der Waals surface area contributed by atoms with Crippen molar-refractivity contribution in [1.82, 2.24) is 0 Å². The van der Waals surface area contributed by atoms with Gasteiger partial charge in [0.05, 0.1) is 16.2 Å². The molecule has 4 nitrogen and oxygen atoms in total. The molecule has 7 heteroatoms. The molecule has 0 unspecified atom stereocenters. The number of thiophene rings is 1. The molecule has 21 heavy (non-hydrogen) atoms. The van der Waals surface area contributed by atoms with Gasteiger partial charge in [0, 0.05) is 14.2 Å². The second-order valence-corrected chi connectivity index (χ2v) is 8.55. The third kappa shape index (κ3) is 3.72. The van der Waals surface area contributed by atoms with Crippen LogP contribution in [0, 0.1) is 0 Å². The Hall–Kier alpha value is -1.18. The molecule has 0 spiro atoms. The van der Waals surface area contributed by atoms with Crippen LogP contribution in [0.5, 0.6) is 0 Å². The number of aryl methyl sites for hydroxylation is 1. The van der Waals surface area contributed by atoms with Gasteiger partial charge in [-0.2, -0.15) is 0 Å². The first-order valence-electron chi connectivity index (χ1n) is 6.16. The van der Waals surface area contributed by atoms with E-state index in [0.717, 1.165) is 11.3 Å². The molecule has 112 valence electrons. The van der Waals surface area contributed by atoms with E-state index in [1.165, 1.54) is 29.5 Å². The fourth-order valence-electron chi connectivity index (χ4n) is 1.89. The molecule has 0 aliphatic rings. The van der Waals surface area contributed by atoms with E-state index in [2.05, 4.69) is 15.9 Å². The Labute approximate surface area is 135 Å². The van der Waals surface area contributed by atoms with Crippen LogP contribution >= 0.6 is 27.3 Å². The van der Waals surface area contributed by atoms with Crippen molar-refractivity contribution < 1.29 is 18.3 Å². The maximum Gasteiger partial charge on any atom is 0.337 e. The predicted octanol–water partition coefficient (Wildman–Crippen LogP) is 3.75. The second kappa shape index (κ2) is 6.29. The normalized spacial score (nSPS) is 11.5. The van der Waals surface area contributed by atoms with Crippen LogP contribution in [0.25, 0.3) is 0 Å². The molecule has 0 atom stereocenters. The minimum absolute atomic E-state index is 0.157. The van der Waals surface area contributed by atoms with Crippen LogP contribution in [0.15, 0.2) is 39.7 Å². The lowest BCUT2D eigenvalue weighted by Gasteiger charge is -2.07. The summed E-state index contributed by atoms with van der Waals surface area (Å²) in [6, 6.07) is 7.83. The fourth-order valence-corrected chi connectivity index (χ4v) is 5.28. The van der Waals surface area contributed by atoms with Crippen LogP contribution in [0.3, 0.4) is 0 Å². The number of sulfone groups is 1. The maximum absolute atomic E-state index is 12.5. The first-order valence-corrected chi connectivity index (χ1v) is 9.43. The number of carbonyl (C=O) groups is 1. The average Bonchev–Trinajstić information content (AvgIpc) is 2.85. The molecule has 0 fully saturated rings. The summed E-state index contributed by atoms with van der Waals surface area (Å²) < 4.78 is 25.5. The van der Waals surface area contributed by atoms with E-state index in [9.17, 15) is 13.2 Å². The smallest absolute Gasteiger partial charge is 0.337 e. The predicted molar refractivity (Wildman–Crippen MR) is 85.7 cm³/mol. The minimum Gasteiger partial charge on any atom is -0.478 e. The molecule has 1 heterocycles. The van der Waals surface area contributed by atoms with Crippen molar-refractivity contribution in [2.45, 2.75) is 24.0 Å².